The molecule has 0 saturated carbocycles. The number of hydrogen-bond acceptors (Lipinski definition) is 5. The Kier molecular flexibility index (Phi) is 3.00. The standard InChI is InChI=1S/C13H20N6/c1-8(2)9-4-5-19(7-9)12-10-6-15-18-11(10)16-13(14-3)17-12/h6,8-9H,4-5,7H2,1-3H3,(H2,14,15,16,17,18). The van der Waals surface area contributed by atoms with Crippen molar-refractivity contribution in [3.63, 3.8) is 0 Å². The van der Waals surface area contributed by atoms with E-state index in [0.717, 1.165) is 41.8 Å². The van der Waals surface area contributed by atoms with Gasteiger partial charge in [-0.2, -0.15) is 15.1 Å². The number of aromatic nitrogens is 4. The molecule has 1 unspecified atom stereocenters. The van der Waals surface area contributed by atoms with Crippen LogP contribution in [0.2, 0.25) is 0 Å². The fourth-order valence-corrected chi connectivity index (χ4v) is 2.70. The highest BCUT2D eigenvalue weighted by molar-refractivity contribution is 5.87. The van der Waals surface area contributed by atoms with Crippen molar-refractivity contribution in [3.8, 4) is 0 Å². The predicted molar refractivity (Wildman–Crippen MR) is 76.4 cm³/mol. The lowest BCUT2D eigenvalue weighted by Crippen LogP contribution is -2.23. The summed E-state index contributed by atoms with van der Waals surface area (Å²) in [5.74, 6) is 3.09. The molecular formula is C13H20N6. The zero-order chi connectivity index (χ0) is 13.4. The van der Waals surface area contributed by atoms with Crippen molar-refractivity contribution in [1.29, 1.82) is 0 Å². The second kappa shape index (κ2) is 4.68. The van der Waals surface area contributed by atoms with Crippen molar-refractivity contribution in [1.82, 2.24) is 20.2 Å². The van der Waals surface area contributed by atoms with Gasteiger partial charge in [0.2, 0.25) is 5.95 Å². The SMILES string of the molecule is CNc1nc(N2CCC(C(C)C)C2)c2cn[nH]c2n1. The fraction of sp³-hybridized carbons (Fsp3) is 0.615. The van der Waals surface area contributed by atoms with Gasteiger partial charge in [0, 0.05) is 20.1 Å². The maximum absolute atomic E-state index is 4.61. The van der Waals surface area contributed by atoms with Crippen LogP contribution in [0.3, 0.4) is 0 Å². The lowest BCUT2D eigenvalue weighted by atomic mass is 9.95. The Morgan fingerprint density at radius 1 is 1.42 bits per heavy atom. The van der Waals surface area contributed by atoms with Crippen LogP contribution in [-0.2, 0) is 0 Å². The molecule has 1 fully saturated rings. The summed E-state index contributed by atoms with van der Waals surface area (Å²) < 4.78 is 0. The molecule has 102 valence electrons. The van der Waals surface area contributed by atoms with E-state index in [1.54, 1.807) is 0 Å². The molecule has 2 aromatic rings. The zero-order valence-electron chi connectivity index (χ0n) is 11.6. The molecule has 6 heteroatoms. The first-order valence-electron chi connectivity index (χ1n) is 6.83. The molecule has 1 atom stereocenters. The largest absolute Gasteiger partial charge is 0.357 e. The molecule has 1 saturated heterocycles. The lowest BCUT2D eigenvalue weighted by Gasteiger charge is -2.20. The number of nitrogens with one attached hydrogen (secondary N) is 2. The van der Waals surface area contributed by atoms with Crippen LogP contribution >= 0.6 is 0 Å². The molecule has 2 aromatic heterocycles. The smallest absolute Gasteiger partial charge is 0.226 e. The predicted octanol–water partition coefficient (Wildman–Crippen LogP) is 1.88. The summed E-state index contributed by atoms with van der Waals surface area (Å²) in [6.07, 6.45) is 3.04. The molecule has 0 aromatic carbocycles. The van der Waals surface area contributed by atoms with Gasteiger partial charge in [-0.3, -0.25) is 5.10 Å². The van der Waals surface area contributed by atoms with E-state index in [9.17, 15) is 0 Å². The van der Waals surface area contributed by atoms with Crippen molar-refractivity contribution in [2.45, 2.75) is 20.3 Å². The summed E-state index contributed by atoms with van der Waals surface area (Å²) in [4.78, 5) is 11.3. The number of aromatic amines is 1. The Morgan fingerprint density at radius 2 is 2.26 bits per heavy atom. The van der Waals surface area contributed by atoms with E-state index in [1.807, 2.05) is 13.2 Å². The average molecular weight is 260 g/mol. The first-order valence-corrected chi connectivity index (χ1v) is 6.83. The summed E-state index contributed by atoms with van der Waals surface area (Å²) in [5.41, 5.74) is 0.794. The van der Waals surface area contributed by atoms with Gasteiger partial charge in [0.05, 0.1) is 11.6 Å². The Morgan fingerprint density at radius 3 is 2.95 bits per heavy atom. The monoisotopic (exact) mass is 260 g/mol. The molecular weight excluding hydrogens is 240 g/mol. The van der Waals surface area contributed by atoms with E-state index in [0.29, 0.717) is 5.95 Å². The van der Waals surface area contributed by atoms with Gasteiger partial charge in [0.1, 0.15) is 5.82 Å². The highest BCUT2D eigenvalue weighted by Crippen LogP contribution is 2.31. The maximum Gasteiger partial charge on any atom is 0.226 e. The van der Waals surface area contributed by atoms with Gasteiger partial charge >= 0.3 is 0 Å². The van der Waals surface area contributed by atoms with Gasteiger partial charge in [0.15, 0.2) is 5.65 Å². The summed E-state index contributed by atoms with van der Waals surface area (Å²) in [6.45, 7) is 6.71. The zero-order valence-corrected chi connectivity index (χ0v) is 11.6. The highest BCUT2D eigenvalue weighted by Gasteiger charge is 2.27. The van der Waals surface area contributed by atoms with Crippen molar-refractivity contribution >= 4 is 22.8 Å². The number of hydrogen-bond donors (Lipinski definition) is 2. The molecule has 3 heterocycles. The minimum atomic E-state index is 0.639. The summed E-state index contributed by atoms with van der Waals surface area (Å²) >= 11 is 0. The average Bonchev–Trinajstić information content (AvgIpc) is 3.06. The van der Waals surface area contributed by atoms with Crippen molar-refractivity contribution in [2.24, 2.45) is 11.8 Å². The third-order valence-electron chi connectivity index (χ3n) is 3.98. The molecule has 19 heavy (non-hydrogen) atoms. The van der Waals surface area contributed by atoms with Crippen molar-refractivity contribution < 1.29 is 0 Å². The topological polar surface area (TPSA) is 69.7 Å². The number of fused-ring (bicyclic) bond motifs is 1. The minimum absolute atomic E-state index is 0.639. The van der Waals surface area contributed by atoms with Gasteiger partial charge in [-0.05, 0) is 18.3 Å². The van der Waals surface area contributed by atoms with Crippen LogP contribution in [-0.4, -0.2) is 40.3 Å². The Labute approximate surface area is 112 Å². The summed E-state index contributed by atoms with van der Waals surface area (Å²) in [5, 5.41) is 11.0. The normalized spacial score (nSPS) is 19.6. The van der Waals surface area contributed by atoms with E-state index < -0.39 is 0 Å². The molecule has 3 rings (SSSR count). The molecule has 1 aliphatic rings. The van der Waals surface area contributed by atoms with Crippen LogP contribution in [0.25, 0.3) is 11.0 Å². The molecule has 0 spiro atoms. The van der Waals surface area contributed by atoms with E-state index in [1.165, 1.54) is 6.42 Å². The highest BCUT2D eigenvalue weighted by atomic mass is 15.3. The van der Waals surface area contributed by atoms with Crippen molar-refractivity contribution in [3.05, 3.63) is 6.20 Å². The van der Waals surface area contributed by atoms with Crippen LogP contribution in [0.15, 0.2) is 6.20 Å². The Bertz CT molecular complexity index is 576. The molecule has 0 radical (unpaired) electrons. The van der Waals surface area contributed by atoms with Crippen LogP contribution in [0.5, 0.6) is 0 Å². The first-order chi connectivity index (χ1) is 9.19. The number of H-pyrrole nitrogens is 1. The number of rotatable bonds is 3. The van der Waals surface area contributed by atoms with Gasteiger partial charge in [-0.25, -0.2) is 0 Å². The van der Waals surface area contributed by atoms with Gasteiger partial charge in [-0.1, -0.05) is 13.8 Å². The summed E-state index contributed by atoms with van der Waals surface area (Å²) in [6, 6.07) is 0. The molecule has 0 amide bonds. The van der Waals surface area contributed by atoms with Gasteiger partial charge in [-0.15, -0.1) is 0 Å². The Balaban J connectivity index is 1.98. The summed E-state index contributed by atoms with van der Waals surface area (Å²) in [7, 11) is 1.84. The molecule has 0 aliphatic carbocycles. The quantitative estimate of drug-likeness (QED) is 0.881. The molecule has 2 N–H and O–H groups in total. The third kappa shape index (κ3) is 2.11. The van der Waals surface area contributed by atoms with Crippen LogP contribution in [0.4, 0.5) is 11.8 Å². The van der Waals surface area contributed by atoms with Crippen molar-refractivity contribution in [2.75, 3.05) is 30.4 Å². The second-order valence-electron chi connectivity index (χ2n) is 5.49. The van der Waals surface area contributed by atoms with Crippen LogP contribution in [0.1, 0.15) is 20.3 Å². The van der Waals surface area contributed by atoms with E-state index in [-0.39, 0.29) is 0 Å². The Hall–Kier alpha value is -1.85. The van der Waals surface area contributed by atoms with E-state index >= 15 is 0 Å². The number of anilines is 2. The maximum atomic E-state index is 4.61. The lowest BCUT2D eigenvalue weighted by molar-refractivity contribution is 0.422. The van der Waals surface area contributed by atoms with Gasteiger partial charge in [0.25, 0.3) is 0 Å². The van der Waals surface area contributed by atoms with Crippen LogP contribution < -0.4 is 10.2 Å². The van der Waals surface area contributed by atoms with E-state index in [2.05, 4.69) is 44.2 Å². The first kappa shape index (κ1) is 12.2. The fourth-order valence-electron chi connectivity index (χ4n) is 2.70. The minimum Gasteiger partial charge on any atom is -0.357 e. The second-order valence-corrected chi connectivity index (χ2v) is 5.49. The molecule has 1 aliphatic heterocycles. The molecule has 0 bridgehead atoms. The van der Waals surface area contributed by atoms with Crippen LogP contribution in [0, 0.1) is 11.8 Å². The van der Waals surface area contributed by atoms with Gasteiger partial charge < -0.3 is 10.2 Å². The number of nitrogens with zero attached hydrogens (tertiary/aromatic N) is 4. The molecule has 6 nitrogen and oxygen atoms in total. The third-order valence-corrected chi connectivity index (χ3v) is 3.98. The van der Waals surface area contributed by atoms with E-state index in [4.69, 9.17) is 0 Å².